The summed E-state index contributed by atoms with van der Waals surface area (Å²) in [6.07, 6.45) is 5.24. The highest BCUT2D eigenvalue weighted by Crippen LogP contribution is 2.20. The number of ether oxygens (including phenoxy) is 3. The van der Waals surface area contributed by atoms with Crippen LogP contribution < -0.4 is 5.32 Å². The molecule has 0 bridgehead atoms. The Morgan fingerprint density at radius 1 is 1.00 bits per heavy atom. The summed E-state index contributed by atoms with van der Waals surface area (Å²) in [6, 6.07) is 0.692. The highest BCUT2D eigenvalue weighted by atomic mass is 16.5. The van der Waals surface area contributed by atoms with E-state index in [-0.39, 0.29) is 0 Å². The minimum atomic E-state index is 0.440. The zero-order chi connectivity index (χ0) is 11.6. The molecule has 1 aliphatic rings. The van der Waals surface area contributed by atoms with E-state index < -0.39 is 0 Å². The fourth-order valence-corrected chi connectivity index (χ4v) is 2.04. The van der Waals surface area contributed by atoms with E-state index in [1.165, 1.54) is 25.7 Å². The minimum absolute atomic E-state index is 0.440. The molecule has 0 spiro atoms. The first-order chi connectivity index (χ1) is 7.86. The molecule has 4 nitrogen and oxygen atoms in total. The van der Waals surface area contributed by atoms with Gasteiger partial charge >= 0.3 is 0 Å². The van der Waals surface area contributed by atoms with Crippen LogP contribution in [0.4, 0.5) is 0 Å². The molecule has 1 fully saturated rings. The van der Waals surface area contributed by atoms with E-state index in [1.807, 2.05) is 7.05 Å². The average Bonchev–Trinajstić information content (AvgIpc) is 2.34. The van der Waals surface area contributed by atoms with Crippen molar-refractivity contribution in [2.24, 2.45) is 0 Å². The first kappa shape index (κ1) is 13.9. The second-order valence-corrected chi connectivity index (χ2v) is 4.24. The van der Waals surface area contributed by atoms with Crippen LogP contribution in [-0.2, 0) is 14.2 Å². The van der Waals surface area contributed by atoms with E-state index in [9.17, 15) is 0 Å². The van der Waals surface area contributed by atoms with Gasteiger partial charge < -0.3 is 19.5 Å². The lowest BCUT2D eigenvalue weighted by Crippen LogP contribution is -2.33. The predicted octanol–water partition coefficient (Wildman–Crippen LogP) is 1.20. The van der Waals surface area contributed by atoms with Crippen molar-refractivity contribution in [2.45, 2.75) is 37.8 Å². The maximum atomic E-state index is 5.76. The summed E-state index contributed by atoms with van der Waals surface area (Å²) < 4.78 is 16.0. The Balaban J connectivity index is 1.90. The average molecular weight is 231 g/mol. The van der Waals surface area contributed by atoms with Crippen LogP contribution in [-0.4, -0.2) is 52.7 Å². The minimum Gasteiger partial charge on any atom is -0.382 e. The lowest BCUT2D eigenvalue weighted by atomic mass is 9.93. The van der Waals surface area contributed by atoms with Gasteiger partial charge in [-0.2, -0.15) is 0 Å². The normalized spacial score (nSPS) is 25.9. The molecule has 1 rings (SSSR count). The standard InChI is InChI=1S/C12H25NO3/c1-13-11-3-5-12(6-4-11)16-10-9-15-8-7-14-2/h11-13H,3-10H2,1-2H3. The molecule has 0 atom stereocenters. The SMILES string of the molecule is CNC1CCC(OCCOCCOC)CC1. The van der Waals surface area contributed by atoms with E-state index in [0.29, 0.717) is 38.6 Å². The highest BCUT2D eigenvalue weighted by Gasteiger charge is 2.19. The Hall–Kier alpha value is -0.160. The first-order valence-corrected chi connectivity index (χ1v) is 6.22. The summed E-state index contributed by atoms with van der Waals surface area (Å²) in [5.41, 5.74) is 0. The largest absolute Gasteiger partial charge is 0.382 e. The molecule has 0 heterocycles. The molecule has 0 aromatic carbocycles. The zero-order valence-electron chi connectivity index (χ0n) is 10.5. The number of rotatable bonds is 8. The van der Waals surface area contributed by atoms with Gasteiger partial charge in [0.1, 0.15) is 0 Å². The lowest BCUT2D eigenvalue weighted by Gasteiger charge is -2.28. The van der Waals surface area contributed by atoms with Crippen LogP contribution in [0.1, 0.15) is 25.7 Å². The van der Waals surface area contributed by atoms with Gasteiger partial charge in [0, 0.05) is 13.2 Å². The van der Waals surface area contributed by atoms with Gasteiger partial charge in [-0.25, -0.2) is 0 Å². The van der Waals surface area contributed by atoms with Crippen molar-refractivity contribution < 1.29 is 14.2 Å². The third-order valence-corrected chi connectivity index (χ3v) is 3.10. The molecule has 1 aliphatic carbocycles. The molecule has 0 aliphatic heterocycles. The topological polar surface area (TPSA) is 39.7 Å². The van der Waals surface area contributed by atoms with Gasteiger partial charge in [-0.15, -0.1) is 0 Å². The Labute approximate surface area is 98.6 Å². The van der Waals surface area contributed by atoms with Crippen LogP contribution >= 0.6 is 0 Å². The van der Waals surface area contributed by atoms with Crippen molar-refractivity contribution in [2.75, 3.05) is 40.6 Å². The third kappa shape index (κ3) is 5.80. The van der Waals surface area contributed by atoms with Gasteiger partial charge in [0.05, 0.1) is 32.5 Å². The molecule has 0 saturated heterocycles. The second kappa shape index (κ2) is 8.93. The Kier molecular flexibility index (Phi) is 7.76. The van der Waals surface area contributed by atoms with Gasteiger partial charge in [-0.05, 0) is 32.7 Å². The van der Waals surface area contributed by atoms with Crippen LogP contribution in [0.5, 0.6) is 0 Å². The van der Waals surface area contributed by atoms with E-state index >= 15 is 0 Å². The maximum Gasteiger partial charge on any atom is 0.0704 e. The van der Waals surface area contributed by atoms with Crippen molar-refractivity contribution >= 4 is 0 Å². The molecular formula is C12H25NO3. The van der Waals surface area contributed by atoms with Crippen molar-refractivity contribution in [1.82, 2.24) is 5.32 Å². The van der Waals surface area contributed by atoms with E-state index in [2.05, 4.69) is 5.32 Å². The summed E-state index contributed by atoms with van der Waals surface area (Å²) in [5.74, 6) is 0. The highest BCUT2D eigenvalue weighted by molar-refractivity contribution is 4.76. The zero-order valence-corrected chi connectivity index (χ0v) is 10.5. The molecule has 1 N–H and O–H groups in total. The number of hydrogen-bond donors (Lipinski definition) is 1. The molecule has 0 aromatic heterocycles. The van der Waals surface area contributed by atoms with Gasteiger partial charge in [0.15, 0.2) is 0 Å². The number of methoxy groups -OCH3 is 1. The van der Waals surface area contributed by atoms with Crippen molar-refractivity contribution in [3.05, 3.63) is 0 Å². The summed E-state index contributed by atoms with van der Waals surface area (Å²) in [6.45, 7) is 2.70. The van der Waals surface area contributed by atoms with Gasteiger partial charge in [-0.1, -0.05) is 0 Å². The van der Waals surface area contributed by atoms with Gasteiger partial charge in [0.2, 0.25) is 0 Å². The van der Waals surface area contributed by atoms with Gasteiger partial charge in [-0.3, -0.25) is 0 Å². The summed E-state index contributed by atoms with van der Waals surface area (Å²) >= 11 is 0. The molecule has 4 heteroatoms. The lowest BCUT2D eigenvalue weighted by molar-refractivity contribution is -0.0208. The number of nitrogens with one attached hydrogen (secondary N) is 1. The van der Waals surface area contributed by atoms with Gasteiger partial charge in [0.25, 0.3) is 0 Å². The molecule has 0 radical (unpaired) electrons. The third-order valence-electron chi connectivity index (χ3n) is 3.10. The molecule has 0 amide bonds. The molecule has 0 aromatic rings. The molecule has 1 saturated carbocycles. The maximum absolute atomic E-state index is 5.76. The van der Waals surface area contributed by atoms with Crippen molar-refractivity contribution in [1.29, 1.82) is 0 Å². The van der Waals surface area contributed by atoms with E-state index in [4.69, 9.17) is 14.2 Å². The van der Waals surface area contributed by atoms with E-state index in [0.717, 1.165) is 0 Å². The first-order valence-electron chi connectivity index (χ1n) is 6.22. The fraction of sp³-hybridized carbons (Fsp3) is 1.00. The molecule has 0 unspecified atom stereocenters. The predicted molar refractivity (Wildman–Crippen MR) is 63.8 cm³/mol. The van der Waals surface area contributed by atoms with Crippen molar-refractivity contribution in [3.63, 3.8) is 0 Å². The molecule has 96 valence electrons. The van der Waals surface area contributed by atoms with Crippen LogP contribution in [0.15, 0.2) is 0 Å². The van der Waals surface area contributed by atoms with Crippen LogP contribution in [0.25, 0.3) is 0 Å². The quantitative estimate of drug-likeness (QED) is 0.637. The Morgan fingerprint density at radius 3 is 2.31 bits per heavy atom. The van der Waals surface area contributed by atoms with E-state index in [1.54, 1.807) is 7.11 Å². The van der Waals surface area contributed by atoms with Crippen LogP contribution in [0.2, 0.25) is 0 Å². The summed E-state index contributed by atoms with van der Waals surface area (Å²) in [7, 11) is 3.72. The summed E-state index contributed by atoms with van der Waals surface area (Å²) in [4.78, 5) is 0. The smallest absolute Gasteiger partial charge is 0.0704 e. The molecule has 16 heavy (non-hydrogen) atoms. The van der Waals surface area contributed by atoms with Crippen molar-refractivity contribution in [3.8, 4) is 0 Å². The Bertz CT molecular complexity index is 158. The number of hydrogen-bond acceptors (Lipinski definition) is 4. The monoisotopic (exact) mass is 231 g/mol. The summed E-state index contributed by atoms with van der Waals surface area (Å²) in [5, 5.41) is 3.32. The van der Waals surface area contributed by atoms with Crippen LogP contribution in [0.3, 0.4) is 0 Å². The van der Waals surface area contributed by atoms with Crippen LogP contribution in [0, 0.1) is 0 Å². The molecular weight excluding hydrogens is 206 g/mol. The fourth-order valence-electron chi connectivity index (χ4n) is 2.04. The second-order valence-electron chi connectivity index (χ2n) is 4.24. The Morgan fingerprint density at radius 2 is 1.69 bits per heavy atom.